The maximum atomic E-state index is 12.6. The van der Waals surface area contributed by atoms with Crippen LogP contribution in [0.4, 0.5) is 4.79 Å². The minimum absolute atomic E-state index is 0.0409. The van der Waals surface area contributed by atoms with E-state index in [1.165, 1.54) is 6.92 Å². The average molecular weight is 664 g/mol. The topological polar surface area (TPSA) is 313 Å². The van der Waals surface area contributed by atoms with Gasteiger partial charge < -0.3 is 53.4 Å². The first-order valence-electron chi connectivity index (χ1n) is 15.6. The molecule has 270 valence electrons. The Morgan fingerprint density at radius 1 is 0.783 bits per heavy atom. The normalized spacial score (nSPS) is 16.4. The third-order valence-corrected chi connectivity index (χ3v) is 6.38. The van der Waals surface area contributed by atoms with E-state index >= 15 is 0 Å². The molecule has 0 saturated heterocycles. The number of carbonyl (C=O) groups excluding carboxylic acids is 2. The summed E-state index contributed by atoms with van der Waals surface area (Å²) in [6.07, 6.45) is -3.84. The van der Waals surface area contributed by atoms with Crippen LogP contribution in [0.5, 0.6) is 0 Å². The molecule has 0 aliphatic heterocycles. The highest BCUT2D eigenvalue weighted by atomic mass is 16.6. The van der Waals surface area contributed by atoms with Gasteiger partial charge in [-0.25, -0.2) is 4.79 Å². The smallest absolute Gasteiger partial charge is 0.408 e. The summed E-state index contributed by atoms with van der Waals surface area (Å²) in [7, 11) is 0. The van der Waals surface area contributed by atoms with Crippen molar-refractivity contribution in [1.29, 1.82) is 0 Å². The zero-order valence-corrected chi connectivity index (χ0v) is 28.2. The standard InChI is InChI=1S/C28H61N11O7/c1-16(2)13-20(38-23(43)19(10-8-12-34-26(31)32)39-27(45)46-28(4,5)6)24(44)37-18(9-7-11-33-25(29)30)22(42)36-15-21(41)35-14-17(3)40/h16,18-24,35-38,41-44H,7-15H2,1-6H3,(H,39,45)(H4,29,30,33)(H4,31,32,34)/t18-,19-,20+,21?,22?,23?,24?/m0/s1. The summed E-state index contributed by atoms with van der Waals surface area (Å²) >= 11 is 0. The van der Waals surface area contributed by atoms with Crippen LogP contribution < -0.4 is 49.5 Å². The lowest BCUT2D eigenvalue weighted by Crippen LogP contribution is -2.61. The summed E-state index contributed by atoms with van der Waals surface area (Å²) in [5, 5.41) is 57.7. The van der Waals surface area contributed by atoms with Crippen molar-refractivity contribution in [2.45, 2.75) is 122 Å². The molecular weight excluding hydrogens is 602 g/mol. The van der Waals surface area contributed by atoms with E-state index in [1.54, 1.807) is 20.8 Å². The van der Waals surface area contributed by atoms with Gasteiger partial charge in [0.1, 0.15) is 36.3 Å². The van der Waals surface area contributed by atoms with E-state index < -0.39 is 54.7 Å². The molecule has 0 rings (SSSR count). The highest BCUT2D eigenvalue weighted by Crippen LogP contribution is 2.14. The maximum absolute atomic E-state index is 12.6. The van der Waals surface area contributed by atoms with E-state index in [4.69, 9.17) is 27.7 Å². The highest BCUT2D eigenvalue weighted by molar-refractivity contribution is 5.77. The van der Waals surface area contributed by atoms with Crippen LogP contribution >= 0.6 is 0 Å². The Labute approximate surface area is 272 Å². The average Bonchev–Trinajstić information content (AvgIpc) is 2.91. The van der Waals surface area contributed by atoms with Crippen LogP contribution in [0.25, 0.3) is 0 Å². The van der Waals surface area contributed by atoms with Crippen LogP contribution in [0.2, 0.25) is 0 Å². The van der Waals surface area contributed by atoms with Gasteiger partial charge in [0.25, 0.3) is 0 Å². The Morgan fingerprint density at radius 3 is 1.76 bits per heavy atom. The number of rotatable bonds is 24. The van der Waals surface area contributed by atoms with E-state index in [-0.39, 0.29) is 56.2 Å². The second-order valence-corrected chi connectivity index (χ2v) is 12.7. The lowest BCUT2D eigenvalue weighted by molar-refractivity contribution is -0.116. The van der Waals surface area contributed by atoms with Crippen LogP contribution in [0, 0.1) is 5.92 Å². The first-order chi connectivity index (χ1) is 21.3. The highest BCUT2D eigenvalue weighted by Gasteiger charge is 2.31. The summed E-state index contributed by atoms with van der Waals surface area (Å²) in [6, 6.07) is -2.34. The van der Waals surface area contributed by atoms with E-state index in [1.807, 2.05) is 13.8 Å². The van der Waals surface area contributed by atoms with Gasteiger partial charge in [-0.3, -0.25) is 36.0 Å². The summed E-state index contributed by atoms with van der Waals surface area (Å²) < 4.78 is 5.37. The molecule has 0 radical (unpaired) electrons. The molecule has 0 aromatic carbocycles. The number of aliphatic hydroxyl groups is 4. The molecule has 0 fully saturated rings. The number of amides is 1. The first-order valence-corrected chi connectivity index (χ1v) is 15.6. The monoisotopic (exact) mass is 663 g/mol. The van der Waals surface area contributed by atoms with Gasteiger partial charge in [-0.05, 0) is 65.7 Å². The van der Waals surface area contributed by atoms with Crippen molar-refractivity contribution in [3.63, 3.8) is 0 Å². The lowest BCUT2D eigenvalue weighted by atomic mass is 10.00. The Morgan fingerprint density at radius 2 is 1.28 bits per heavy atom. The fourth-order valence-corrected chi connectivity index (χ4v) is 4.31. The van der Waals surface area contributed by atoms with E-state index in [0.717, 1.165) is 0 Å². The minimum Gasteiger partial charge on any atom is -0.444 e. The predicted molar refractivity (Wildman–Crippen MR) is 177 cm³/mol. The number of nitrogens with one attached hydrogen (secondary N) is 5. The summed E-state index contributed by atoms with van der Waals surface area (Å²) in [5.41, 5.74) is 20.9. The maximum Gasteiger partial charge on any atom is 0.408 e. The van der Waals surface area contributed by atoms with Gasteiger partial charge in [0.15, 0.2) is 11.9 Å². The van der Waals surface area contributed by atoms with Crippen molar-refractivity contribution in [1.82, 2.24) is 26.6 Å². The lowest BCUT2D eigenvalue weighted by Gasteiger charge is -2.35. The molecule has 4 unspecified atom stereocenters. The first kappa shape index (κ1) is 43.2. The molecule has 0 spiro atoms. The fraction of sp³-hybridized carbons (Fsp3) is 0.857. The number of hydrogen-bond acceptors (Lipinski definition) is 13. The Kier molecular flexibility index (Phi) is 21.2. The van der Waals surface area contributed by atoms with Crippen molar-refractivity contribution in [2.24, 2.45) is 38.8 Å². The third kappa shape index (κ3) is 22.6. The molecular formula is C28H61N11O7. The number of aliphatic imine (C=N–C) groups is 2. The van der Waals surface area contributed by atoms with Crippen LogP contribution in [0.1, 0.15) is 73.6 Å². The number of alkyl carbamates (subject to hydrolysis) is 1. The predicted octanol–water partition coefficient (Wildman–Crippen LogP) is -3.01. The number of hydrogen-bond donors (Lipinski definition) is 13. The van der Waals surface area contributed by atoms with E-state index in [2.05, 4.69) is 36.6 Å². The van der Waals surface area contributed by atoms with Gasteiger partial charge in [-0.2, -0.15) is 0 Å². The van der Waals surface area contributed by atoms with Crippen molar-refractivity contribution in [3.05, 3.63) is 0 Å². The molecule has 7 atom stereocenters. The van der Waals surface area contributed by atoms with Gasteiger partial charge in [-0.1, -0.05) is 13.8 Å². The molecule has 46 heavy (non-hydrogen) atoms. The fourth-order valence-electron chi connectivity index (χ4n) is 4.31. The summed E-state index contributed by atoms with van der Waals surface area (Å²) in [6.45, 7) is 10.8. The number of ketones is 1. The number of nitrogens with zero attached hydrogens (tertiary/aromatic N) is 2. The van der Waals surface area contributed by atoms with Gasteiger partial charge in [-0.15, -0.1) is 0 Å². The molecule has 0 aromatic rings. The molecule has 0 aromatic heterocycles. The third-order valence-electron chi connectivity index (χ3n) is 6.38. The van der Waals surface area contributed by atoms with Gasteiger partial charge >= 0.3 is 6.09 Å². The molecule has 17 N–H and O–H groups in total. The second kappa shape index (κ2) is 22.6. The van der Waals surface area contributed by atoms with Crippen LogP contribution in [0.3, 0.4) is 0 Å². The largest absolute Gasteiger partial charge is 0.444 e. The van der Waals surface area contributed by atoms with Crippen molar-refractivity contribution in [2.75, 3.05) is 26.2 Å². The van der Waals surface area contributed by atoms with Crippen LogP contribution in [-0.2, 0) is 9.53 Å². The number of carbonyl (C=O) groups is 2. The zero-order valence-electron chi connectivity index (χ0n) is 28.2. The molecule has 0 heterocycles. The van der Waals surface area contributed by atoms with Crippen molar-refractivity contribution >= 4 is 23.8 Å². The van der Waals surface area contributed by atoms with Gasteiger partial charge in [0.05, 0.1) is 12.6 Å². The van der Waals surface area contributed by atoms with Crippen molar-refractivity contribution in [3.8, 4) is 0 Å². The van der Waals surface area contributed by atoms with Crippen LogP contribution in [0.15, 0.2) is 9.98 Å². The number of Topliss-reactive ketones (excluding diaryl/α,β-unsaturated/α-hetero) is 1. The SMILES string of the molecule is CC(=O)CNC(O)CNC(O)[C@H](CCCN=C(N)N)NC(O)[C@@H](CC(C)C)NC(O)[C@H](CCCN=C(N)N)NC(=O)OC(C)(C)C. The molecule has 0 bridgehead atoms. The van der Waals surface area contributed by atoms with Crippen LogP contribution in [-0.4, -0.2) is 119 Å². The molecule has 18 heteroatoms. The van der Waals surface area contributed by atoms with Gasteiger partial charge in [0, 0.05) is 31.7 Å². The number of aliphatic hydroxyl groups excluding tert-OH is 4. The Bertz CT molecular complexity index is 926. The number of ether oxygens (including phenoxy) is 1. The molecule has 0 aliphatic carbocycles. The number of guanidine groups is 2. The van der Waals surface area contributed by atoms with E-state index in [9.17, 15) is 30.0 Å². The molecule has 0 aliphatic rings. The van der Waals surface area contributed by atoms with E-state index in [0.29, 0.717) is 25.7 Å². The number of nitrogens with two attached hydrogens (primary N) is 4. The summed E-state index contributed by atoms with van der Waals surface area (Å²) in [4.78, 5) is 31.7. The van der Waals surface area contributed by atoms with Crippen molar-refractivity contribution < 1.29 is 34.8 Å². The summed E-state index contributed by atoms with van der Waals surface area (Å²) in [5.74, 6) is -0.241. The zero-order chi connectivity index (χ0) is 35.4. The Balaban J connectivity index is 5.81. The molecule has 1 amide bonds. The Hall–Kier alpha value is -2.84. The molecule has 18 nitrogen and oxygen atoms in total. The molecule has 0 saturated carbocycles. The quantitative estimate of drug-likeness (QED) is 0.0212. The minimum atomic E-state index is -1.32. The second-order valence-electron chi connectivity index (χ2n) is 12.7. The van der Waals surface area contributed by atoms with Gasteiger partial charge in [0.2, 0.25) is 0 Å².